The van der Waals surface area contributed by atoms with Crippen LogP contribution in [0.5, 0.6) is 0 Å². The van der Waals surface area contributed by atoms with Crippen LogP contribution in [0.2, 0.25) is 5.02 Å². The number of halogens is 1. The van der Waals surface area contributed by atoms with Gasteiger partial charge in [0.1, 0.15) is 11.1 Å². The van der Waals surface area contributed by atoms with Gasteiger partial charge in [-0.15, -0.1) is 0 Å². The zero-order valence-electron chi connectivity index (χ0n) is 12.5. The SMILES string of the molecule is Cc1ccc(C#N)c(SCC(=O)Nc2cccc(C(=O)O)c2Cl)n1. The number of hydrogen-bond acceptors (Lipinski definition) is 5. The van der Waals surface area contributed by atoms with Crippen LogP contribution in [0, 0.1) is 18.3 Å². The van der Waals surface area contributed by atoms with Crippen LogP contribution in [0.15, 0.2) is 35.4 Å². The van der Waals surface area contributed by atoms with Crippen molar-refractivity contribution in [1.82, 2.24) is 4.98 Å². The summed E-state index contributed by atoms with van der Waals surface area (Å²) in [6.07, 6.45) is 0. The maximum Gasteiger partial charge on any atom is 0.337 e. The summed E-state index contributed by atoms with van der Waals surface area (Å²) >= 11 is 7.10. The fourth-order valence-corrected chi connectivity index (χ4v) is 2.91. The third kappa shape index (κ3) is 4.25. The van der Waals surface area contributed by atoms with E-state index in [1.165, 1.54) is 18.2 Å². The van der Waals surface area contributed by atoms with Crippen LogP contribution >= 0.6 is 23.4 Å². The smallest absolute Gasteiger partial charge is 0.337 e. The van der Waals surface area contributed by atoms with E-state index in [1.54, 1.807) is 19.1 Å². The third-order valence-electron chi connectivity index (χ3n) is 2.96. The first-order valence-electron chi connectivity index (χ1n) is 6.74. The number of benzene rings is 1. The molecule has 0 saturated heterocycles. The lowest BCUT2D eigenvalue weighted by molar-refractivity contribution is -0.113. The summed E-state index contributed by atoms with van der Waals surface area (Å²) in [5.74, 6) is -1.54. The predicted molar refractivity (Wildman–Crippen MR) is 91.5 cm³/mol. The summed E-state index contributed by atoms with van der Waals surface area (Å²) in [7, 11) is 0. The number of aromatic nitrogens is 1. The highest BCUT2D eigenvalue weighted by Gasteiger charge is 2.14. The average molecular weight is 362 g/mol. The van der Waals surface area contributed by atoms with Gasteiger partial charge in [-0.25, -0.2) is 9.78 Å². The van der Waals surface area contributed by atoms with Gasteiger partial charge in [-0.3, -0.25) is 4.79 Å². The number of hydrogen-bond donors (Lipinski definition) is 2. The molecule has 1 aromatic heterocycles. The van der Waals surface area contributed by atoms with E-state index in [9.17, 15) is 9.59 Å². The highest BCUT2D eigenvalue weighted by Crippen LogP contribution is 2.27. The molecule has 2 N–H and O–H groups in total. The minimum Gasteiger partial charge on any atom is -0.478 e. The predicted octanol–water partition coefficient (Wildman–Crippen LogP) is 3.34. The molecule has 8 heteroatoms. The minimum absolute atomic E-state index is 0.0127. The number of amides is 1. The molecule has 2 rings (SSSR count). The van der Waals surface area contributed by atoms with E-state index in [0.717, 1.165) is 17.5 Å². The number of aryl methyl sites for hydroxylation is 1. The second-order valence-corrected chi connectivity index (χ2v) is 6.07. The molecule has 0 aliphatic rings. The van der Waals surface area contributed by atoms with Crippen LogP contribution in [0.4, 0.5) is 5.69 Å². The van der Waals surface area contributed by atoms with Crippen molar-refractivity contribution in [3.63, 3.8) is 0 Å². The number of thioether (sulfide) groups is 1. The highest BCUT2D eigenvalue weighted by atomic mass is 35.5. The molecule has 122 valence electrons. The van der Waals surface area contributed by atoms with Crippen molar-refractivity contribution in [2.75, 3.05) is 11.1 Å². The standard InChI is InChI=1S/C16H12ClN3O3S/c1-9-5-6-10(7-18)15(19-9)24-8-13(21)20-12-4-2-3-11(14(12)17)16(22)23/h2-6H,8H2,1H3,(H,20,21)(H,22,23). The number of pyridine rings is 1. The van der Waals surface area contributed by atoms with Crippen molar-refractivity contribution in [1.29, 1.82) is 5.26 Å². The molecule has 0 aliphatic carbocycles. The van der Waals surface area contributed by atoms with Gasteiger partial charge in [-0.05, 0) is 31.2 Å². The Bertz CT molecular complexity index is 849. The number of carboxylic acid groups (broad SMARTS) is 1. The van der Waals surface area contributed by atoms with Crippen molar-refractivity contribution in [2.45, 2.75) is 11.9 Å². The highest BCUT2D eigenvalue weighted by molar-refractivity contribution is 8.00. The largest absolute Gasteiger partial charge is 0.478 e. The number of carbonyl (C=O) groups excluding carboxylic acids is 1. The number of nitriles is 1. The van der Waals surface area contributed by atoms with Gasteiger partial charge < -0.3 is 10.4 Å². The lowest BCUT2D eigenvalue weighted by Crippen LogP contribution is -2.15. The maximum atomic E-state index is 12.1. The minimum atomic E-state index is -1.17. The van der Waals surface area contributed by atoms with Crippen LogP contribution < -0.4 is 5.32 Å². The number of carbonyl (C=O) groups is 2. The lowest BCUT2D eigenvalue weighted by Gasteiger charge is -2.09. The monoisotopic (exact) mass is 361 g/mol. The van der Waals surface area contributed by atoms with Gasteiger partial charge >= 0.3 is 5.97 Å². The maximum absolute atomic E-state index is 12.1. The molecule has 0 aliphatic heterocycles. The summed E-state index contributed by atoms with van der Waals surface area (Å²) in [5, 5.41) is 21.1. The molecule has 0 spiro atoms. The van der Waals surface area contributed by atoms with Gasteiger partial charge in [0.15, 0.2) is 0 Å². The summed E-state index contributed by atoms with van der Waals surface area (Å²) in [6.45, 7) is 1.79. The third-order valence-corrected chi connectivity index (χ3v) is 4.36. The van der Waals surface area contributed by atoms with E-state index in [-0.39, 0.29) is 27.9 Å². The number of anilines is 1. The molecule has 0 atom stereocenters. The Kier molecular flexibility index (Phi) is 5.79. The summed E-state index contributed by atoms with van der Waals surface area (Å²) in [6, 6.07) is 9.76. The van der Waals surface area contributed by atoms with Gasteiger partial charge in [-0.1, -0.05) is 29.4 Å². The Labute approximate surface area is 147 Å². The summed E-state index contributed by atoms with van der Waals surface area (Å²) in [4.78, 5) is 27.3. The van der Waals surface area contributed by atoms with Crippen LogP contribution in [0.1, 0.15) is 21.6 Å². The zero-order chi connectivity index (χ0) is 17.7. The molecule has 0 radical (unpaired) electrons. The Morgan fingerprint density at radius 2 is 2.12 bits per heavy atom. The van der Waals surface area contributed by atoms with Gasteiger partial charge in [-0.2, -0.15) is 5.26 Å². The van der Waals surface area contributed by atoms with E-state index < -0.39 is 5.97 Å². The molecule has 2 aromatic rings. The van der Waals surface area contributed by atoms with Gasteiger partial charge in [0, 0.05) is 5.69 Å². The second kappa shape index (κ2) is 7.81. The van der Waals surface area contributed by atoms with E-state index in [2.05, 4.69) is 10.3 Å². The molecule has 24 heavy (non-hydrogen) atoms. The van der Waals surface area contributed by atoms with Crippen molar-refractivity contribution in [3.8, 4) is 6.07 Å². The van der Waals surface area contributed by atoms with Crippen molar-refractivity contribution in [3.05, 3.63) is 52.2 Å². The number of nitrogens with one attached hydrogen (secondary N) is 1. The van der Waals surface area contributed by atoms with Crippen LogP contribution in [-0.2, 0) is 4.79 Å². The van der Waals surface area contributed by atoms with Crippen molar-refractivity contribution in [2.24, 2.45) is 0 Å². The zero-order valence-corrected chi connectivity index (χ0v) is 14.1. The molecule has 1 amide bonds. The fourth-order valence-electron chi connectivity index (χ4n) is 1.84. The Morgan fingerprint density at radius 3 is 2.79 bits per heavy atom. The number of rotatable bonds is 5. The summed E-state index contributed by atoms with van der Waals surface area (Å²) in [5.41, 5.74) is 1.27. The van der Waals surface area contributed by atoms with Crippen LogP contribution in [-0.4, -0.2) is 27.7 Å². The Balaban J connectivity index is 2.08. The van der Waals surface area contributed by atoms with E-state index in [1.807, 2.05) is 6.07 Å². The summed E-state index contributed by atoms with van der Waals surface area (Å²) < 4.78 is 0. The molecule has 0 unspecified atom stereocenters. The van der Waals surface area contributed by atoms with Gasteiger partial charge in [0.05, 0.1) is 27.6 Å². The average Bonchev–Trinajstić information content (AvgIpc) is 2.54. The number of aromatic carboxylic acids is 1. The Hall–Kier alpha value is -2.56. The van der Waals surface area contributed by atoms with E-state index in [4.69, 9.17) is 22.0 Å². The van der Waals surface area contributed by atoms with Crippen LogP contribution in [0.25, 0.3) is 0 Å². The molecule has 0 saturated carbocycles. The normalized spacial score (nSPS) is 10.0. The molecular formula is C16H12ClN3O3S. The van der Waals surface area contributed by atoms with Gasteiger partial charge in [0.2, 0.25) is 5.91 Å². The number of nitrogens with zero attached hydrogens (tertiary/aromatic N) is 2. The first-order valence-corrected chi connectivity index (χ1v) is 8.11. The lowest BCUT2D eigenvalue weighted by atomic mass is 10.2. The fraction of sp³-hybridized carbons (Fsp3) is 0.125. The molecule has 6 nitrogen and oxygen atoms in total. The molecule has 1 aromatic carbocycles. The van der Waals surface area contributed by atoms with Crippen LogP contribution in [0.3, 0.4) is 0 Å². The van der Waals surface area contributed by atoms with E-state index in [0.29, 0.717) is 10.6 Å². The second-order valence-electron chi connectivity index (χ2n) is 4.73. The molecule has 0 fully saturated rings. The van der Waals surface area contributed by atoms with E-state index >= 15 is 0 Å². The first-order chi connectivity index (χ1) is 11.4. The molecular weight excluding hydrogens is 350 g/mol. The van der Waals surface area contributed by atoms with Crippen molar-refractivity contribution >= 4 is 40.9 Å². The molecule has 1 heterocycles. The van der Waals surface area contributed by atoms with Gasteiger partial charge in [0.25, 0.3) is 0 Å². The first kappa shape index (κ1) is 17.8. The molecule has 0 bridgehead atoms. The van der Waals surface area contributed by atoms with Crippen molar-refractivity contribution < 1.29 is 14.7 Å². The Morgan fingerprint density at radius 1 is 1.38 bits per heavy atom. The quantitative estimate of drug-likeness (QED) is 0.791. The number of carboxylic acids is 1. The topological polar surface area (TPSA) is 103 Å².